The molecule has 1 nitrogen and oxygen atoms in total. The first-order chi connectivity index (χ1) is 9.56. The summed E-state index contributed by atoms with van der Waals surface area (Å²) in [6.07, 6.45) is 8.06. The van der Waals surface area contributed by atoms with E-state index in [9.17, 15) is 0 Å². The lowest BCUT2D eigenvalue weighted by Crippen LogP contribution is -2.06. The van der Waals surface area contributed by atoms with Crippen molar-refractivity contribution in [1.82, 2.24) is 0 Å². The maximum absolute atomic E-state index is 6.26. The van der Waals surface area contributed by atoms with Gasteiger partial charge in [-0.1, -0.05) is 44.7 Å². The van der Waals surface area contributed by atoms with Crippen LogP contribution >= 0.6 is 12.6 Å². The molecular formula is C18H25NS. The molecule has 108 valence electrons. The molecule has 0 radical (unpaired) electrons. The van der Waals surface area contributed by atoms with Gasteiger partial charge in [-0.15, -0.1) is 19.2 Å². The van der Waals surface area contributed by atoms with E-state index in [1.54, 1.807) is 6.08 Å². The van der Waals surface area contributed by atoms with Crippen LogP contribution in [0.4, 0.5) is 5.69 Å². The van der Waals surface area contributed by atoms with E-state index in [4.69, 9.17) is 5.73 Å². The number of anilines is 1. The normalized spacial score (nSPS) is 11.9. The summed E-state index contributed by atoms with van der Waals surface area (Å²) in [5.41, 5.74) is 10.0. The van der Waals surface area contributed by atoms with Gasteiger partial charge in [0.05, 0.1) is 0 Å². The first-order valence-corrected chi connectivity index (χ1v) is 7.55. The first kappa shape index (κ1) is 16.6. The number of allylic oxidation sites excluding steroid dienone is 2. The van der Waals surface area contributed by atoms with Gasteiger partial charge >= 0.3 is 0 Å². The number of nitrogens with two attached hydrogens (primary N) is 1. The van der Waals surface area contributed by atoms with Crippen LogP contribution in [0.1, 0.15) is 43.7 Å². The van der Waals surface area contributed by atoms with Gasteiger partial charge in [0.15, 0.2) is 0 Å². The molecule has 1 atom stereocenters. The summed E-state index contributed by atoms with van der Waals surface area (Å²) in [6.45, 7) is 14.1. The Bertz CT molecular complexity index is 502. The average Bonchev–Trinajstić information content (AvgIpc) is 2.43. The molecule has 1 aromatic rings. The Hall–Kier alpha value is -1.41. The van der Waals surface area contributed by atoms with Crippen molar-refractivity contribution in [2.24, 2.45) is 5.92 Å². The lowest BCUT2D eigenvalue weighted by molar-refractivity contribution is 0.558. The molecule has 20 heavy (non-hydrogen) atoms. The number of rotatable bonds is 8. The second-order valence-corrected chi connectivity index (χ2v) is 5.52. The molecule has 0 bridgehead atoms. The van der Waals surface area contributed by atoms with E-state index in [1.165, 1.54) is 0 Å². The van der Waals surface area contributed by atoms with Crippen LogP contribution in [0.2, 0.25) is 0 Å². The van der Waals surface area contributed by atoms with E-state index in [-0.39, 0.29) is 0 Å². The highest BCUT2D eigenvalue weighted by Gasteiger charge is 2.16. The van der Waals surface area contributed by atoms with Gasteiger partial charge in [-0.3, -0.25) is 0 Å². The average molecular weight is 287 g/mol. The molecular weight excluding hydrogens is 262 g/mol. The molecule has 0 spiro atoms. The smallest absolute Gasteiger partial charge is 0.0475 e. The second kappa shape index (κ2) is 8.01. The zero-order valence-corrected chi connectivity index (χ0v) is 13.3. The fourth-order valence-corrected chi connectivity index (χ4v) is 2.79. The summed E-state index contributed by atoms with van der Waals surface area (Å²) in [7, 11) is 0. The lowest BCUT2D eigenvalue weighted by atomic mass is 9.85. The SMILES string of the molecule is C=CCCC(CCC)C(=C)c1ccc(S)c(C=C)c1N. The predicted octanol–water partition coefficient (Wildman–Crippen LogP) is 5.60. The third-order valence-electron chi connectivity index (χ3n) is 3.66. The lowest BCUT2D eigenvalue weighted by Gasteiger charge is -2.21. The molecule has 2 heteroatoms. The van der Waals surface area contributed by atoms with Crippen molar-refractivity contribution >= 4 is 30.0 Å². The summed E-state index contributed by atoms with van der Waals surface area (Å²) < 4.78 is 0. The van der Waals surface area contributed by atoms with Crippen molar-refractivity contribution in [3.63, 3.8) is 0 Å². The molecule has 0 heterocycles. The largest absolute Gasteiger partial charge is 0.398 e. The van der Waals surface area contributed by atoms with Crippen LogP contribution in [-0.4, -0.2) is 0 Å². The zero-order chi connectivity index (χ0) is 15.1. The van der Waals surface area contributed by atoms with E-state index in [1.807, 2.05) is 18.2 Å². The molecule has 1 aromatic carbocycles. The zero-order valence-electron chi connectivity index (χ0n) is 12.4. The summed E-state index contributed by atoms with van der Waals surface area (Å²) in [4.78, 5) is 0.854. The van der Waals surface area contributed by atoms with Crippen molar-refractivity contribution in [3.8, 4) is 0 Å². The van der Waals surface area contributed by atoms with Crippen LogP contribution < -0.4 is 5.73 Å². The molecule has 0 amide bonds. The Labute approximate surface area is 128 Å². The third-order valence-corrected chi connectivity index (χ3v) is 4.05. The van der Waals surface area contributed by atoms with Gasteiger partial charge < -0.3 is 5.73 Å². The van der Waals surface area contributed by atoms with Gasteiger partial charge in [0.25, 0.3) is 0 Å². The molecule has 0 aromatic heterocycles. The maximum atomic E-state index is 6.26. The summed E-state index contributed by atoms with van der Waals surface area (Å²) in [5.74, 6) is 0.448. The number of thiol groups is 1. The Morgan fingerprint density at radius 2 is 2.05 bits per heavy atom. The van der Waals surface area contributed by atoms with Crippen molar-refractivity contribution in [2.75, 3.05) is 5.73 Å². The molecule has 2 N–H and O–H groups in total. The molecule has 0 aliphatic heterocycles. The molecule has 0 aliphatic carbocycles. The molecule has 1 rings (SSSR count). The van der Waals surface area contributed by atoms with Crippen LogP contribution in [0.3, 0.4) is 0 Å². The summed E-state index contributed by atoms with van der Waals surface area (Å²) in [5, 5.41) is 0. The van der Waals surface area contributed by atoms with E-state index >= 15 is 0 Å². The molecule has 0 saturated carbocycles. The Balaban J connectivity index is 3.11. The second-order valence-electron chi connectivity index (χ2n) is 5.04. The van der Waals surface area contributed by atoms with Crippen molar-refractivity contribution in [2.45, 2.75) is 37.5 Å². The van der Waals surface area contributed by atoms with E-state index in [0.717, 1.165) is 53.0 Å². The number of hydrogen-bond acceptors (Lipinski definition) is 2. The minimum atomic E-state index is 0.448. The van der Waals surface area contributed by atoms with Gasteiger partial charge in [-0.25, -0.2) is 0 Å². The maximum Gasteiger partial charge on any atom is 0.0475 e. The molecule has 0 fully saturated rings. The highest BCUT2D eigenvalue weighted by atomic mass is 32.1. The topological polar surface area (TPSA) is 26.0 Å². The van der Waals surface area contributed by atoms with Gasteiger partial charge in [0.1, 0.15) is 0 Å². The fraction of sp³-hybridized carbons (Fsp3) is 0.333. The highest BCUT2D eigenvalue weighted by molar-refractivity contribution is 7.80. The Kier molecular flexibility index (Phi) is 6.66. The van der Waals surface area contributed by atoms with Crippen molar-refractivity contribution < 1.29 is 0 Å². The van der Waals surface area contributed by atoms with Crippen LogP contribution in [-0.2, 0) is 0 Å². The quantitative estimate of drug-likeness (QED) is 0.363. The van der Waals surface area contributed by atoms with Crippen molar-refractivity contribution in [3.05, 3.63) is 49.1 Å². The fourth-order valence-electron chi connectivity index (χ4n) is 2.50. The summed E-state index contributed by atoms with van der Waals surface area (Å²) >= 11 is 4.42. The highest BCUT2D eigenvalue weighted by Crippen LogP contribution is 2.36. The molecule has 0 saturated heterocycles. The minimum absolute atomic E-state index is 0.448. The van der Waals surface area contributed by atoms with E-state index < -0.39 is 0 Å². The Morgan fingerprint density at radius 3 is 2.60 bits per heavy atom. The molecule has 0 aliphatic rings. The van der Waals surface area contributed by atoms with Crippen molar-refractivity contribution in [1.29, 1.82) is 0 Å². The summed E-state index contributed by atoms with van der Waals surface area (Å²) in [6, 6.07) is 3.98. The van der Waals surface area contributed by atoms with E-state index in [0.29, 0.717) is 5.92 Å². The van der Waals surface area contributed by atoms with Crippen LogP contribution in [0.15, 0.2) is 42.8 Å². The van der Waals surface area contributed by atoms with E-state index in [2.05, 4.69) is 39.3 Å². The van der Waals surface area contributed by atoms with Gasteiger partial charge in [0, 0.05) is 21.7 Å². The minimum Gasteiger partial charge on any atom is -0.398 e. The molecule has 1 unspecified atom stereocenters. The number of nitrogen functional groups attached to an aromatic ring is 1. The van der Waals surface area contributed by atoms with Crippen LogP contribution in [0, 0.1) is 5.92 Å². The predicted molar refractivity (Wildman–Crippen MR) is 95.1 cm³/mol. The third kappa shape index (κ3) is 3.80. The number of hydrogen-bond donors (Lipinski definition) is 2. The van der Waals surface area contributed by atoms with Gasteiger partial charge in [-0.2, -0.15) is 0 Å². The van der Waals surface area contributed by atoms with Gasteiger partial charge in [0.2, 0.25) is 0 Å². The van der Waals surface area contributed by atoms with Crippen LogP contribution in [0.5, 0.6) is 0 Å². The number of benzene rings is 1. The first-order valence-electron chi connectivity index (χ1n) is 7.10. The monoisotopic (exact) mass is 287 g/mol. The van der Waals surface area contributed by atoms with Crippen LogP contribution in [0.25, 0.3) is 11.6 Å². The standard InChI is InChI=1S/C18H25NS/c1-5-8-10-14(9-6-2)13(4)16-11-12-17(20)15(7-3)18(16)19/h5,7,11-12,14,20H,1,3-4,6,8-10,19H2,2H3. The Morgan fingerprint density at radius 1 is 1.35 bits per heavy atom. The van der Waals surface area contributed by atoms with Gasteiger partial charge in [-0.05, 0) is 36.8 Å².